The fourth-order valence-electron chi connectivity index (χ4n) is 1.72. The molecule has 3 nitrogen and oxygen atoms in total. The van der Waals surface area contributed by atoms with E-state index in [9.17, 15) is 9.90 Å². The topological polar surface area (TPSA) is 49.3 Å². The third-order valence-corrected chi connectivity index (χ3v) is 2.85. The van der Waals surface area contributed by atoms with E-state index in [1.54, 1.807) is 0 Å². The summed E-state index contributed by atoms with van der Waals surface area (Å²) in [7, 11) is 0. The molecule has 0 heterocycles. The lowest BCUT2D eigenvalue weighted by Crippen LogP contribution is -2.29. The van der Waals surface area contributed by atoms with E-state index in [1.807, 2.05) is 24.3 Å². The molecule has 0 radical (unpaired) electrons. The van der Waals surface area contributed by atoms with Crippen molar-refractivity contribution >= 4 is 5.97 Å². The Morgan fingerprint density at radius 1 is 1.29 bits per heavy atom. The molecule has 1 atom stereocenters. The number of hydrogen-bond acceptors (Lipinski definition) is 2. The van der Waals surface area contributed by atoms with Crippen LogP contribution in [0.3, 0.4) is 0 Å². The van der Waals surface area contributed by atoms with Crippen LogP contribution >= 0.6 is 0 Å². The number of rotatable bonds is 7. The van der Waals surface area contributed by atoms with E-state index >= 15 is 0 Å². The van der Waals surface area contributed by atoms with Gasteiger partial charge in [-0.2, -0.15) is 0 Å². The molecule has 0 bridgehead atoms. The molecule has 1 aromatic carbocycles. The summed E-state index contributed by atoms with van der Waals surface area (Å²) >= 11 is 0. The summed E-state index contributed by atoms with van der Waals surface area (Å²) in [5.74, 6) is -0.814. The lowest BCUT2D eigenvalue weighted by Gasteiger charge is -2.15. The van der Waals surface area contributed by atoms with Crippen LogP contribution in [0.25, 0.3) is 0 Å². The van der Waals surface area contributed by atoms with Crippen LogP contribution in [0.15, 0.2) is 24.3 Å². The molecule has 1 aromatic rings. The summed E-state index contributed by atoms with van der Waals surface area (Å²) < 4.78 is 0. The molecule has 0 spiro atoms. The molecule has 0 fully saturated rings. The molecule has 0 saturated heterocycles. The van der Waals surface area contributed by atoms with Crippen LogP contribution in [0.4, 0.5) is 0 Å². The van der Waals surface area contributed by atoms with Crippen molar-refractivity contribution in [3.8, 4) is 0 Å². The van der Waals surface area contributed by atoms with Gasteiger partial charge in [0.05, 0.1) is 0 Å². The lowest BCUT2D eigenvalue weighted by atomic mass is 10.0. The number of unbranched alkanes of at least 4 members (excludes halogenated alkanes) is 1. The Morgan fingerprint density at radius 2 is 1.94 bits per heavy atom. The summed E-state index contributed by atoms with van der Waals surface area (Å²) in [6.45, 7) is 4.92. The number of carboxylic acid groups (broad SMARTS) is 1. The van der Waals surface area contributed by atoms with Crippen LogP contribution < -0.4 is 5.32 Å². The average Bonchev–Trinajstić information content (AvgIpc) is 2.34. The molecule has 0 amide bonds. The van der Waals surface area contributed by atoms with Crippen LogP contribution in [0.2, 0.25) is 0 Å². The molecule has 1 rings (SSSR count). The van der Waals surface area contributed by atoms with Crippen LogP contribution in [-0.4, -0.2) is 17.6 Å². The quantitative estimate of drug-likeness (QED) is 0.714. The summed E-state index contributed by atoms with van der Waals surface area (Å²) in [4.78, 5) is 11.2. The van der Waals surface area contributed by atoms with E-state index in [0.717, 1.165) is 31.4 Å². The zero-order valence-corrected chi connectivity index (χ0v) is 10.6. The molecule has 0 saturated carbocycles. The van der Waals surface area contributed by atoms with E-state index in [4.69, 9.17) is 0 Å². The number of hydrogen-bond donors (Lipinski definition) is 2. The Bertz CT molecular complexity index is 346. The fraction of sp³-hybridized carbons (Fsp3) is 0.500. The second-order valence-corrected chi connectivity index (χ2v) is 4.17. The first-order valence-corrected chi connectivity index (χ1v) is 6.24. The molecule has 0 aliphatic rings. The van der Waals surface area contributed by atoms with Gasteiger partial charge in [0.25, 0.3) is 0 Å². The number of carbonyl (C=O) groups is 1. The highest BCUT2D eigenvalue weighted by Gasteiger charge is 2.18. The number of nitrogens with one attached hydrogen (secondary N) is 1. The lowest BCUT2D eigenvalue weighted by molar-refractivity contribution is -0.139. The first-order valence-electron chi connectivity index (χ1n) is 6.24. The van der Waals surface area contributed by atoms with Crippen molar-refractivity contribution < 1.29 is 9.90 Å². The van der Waals surface area contributed by atoms with Crippen molar-refractivity contribution in [2.24, 2.45) is 0 Å². The second-order valence-electron chi connectivity index (χ2n) is 4.17. The van der Waals surface area contributed by atoms with Gasteiger partial charge in [-0.25, -0.2) is 0 Å². The Balaban J connectivity index is 2.71. The average molecular weight is 235 g/mol. The molecule has 2 N–H and O–H groups in total. The smallest absolute Gasteiger partial charge is 0.325 e. The maximum atomic E-state index is 11.2. The molecule has 0 aromatic heterocycles. The molecule has 1 unspecified atom stereocenters. The zero-order chi connectivity index (χ0) is 12.7. The number of carboxylic acids is 1. The van der Waals surface area contributed by atoms with E-state index in [-0.39, 0.29) is 0 Å². The van der Waals surface area contributed by atoms with Gasteiger partial charge in [0.2, 0.25) is 0 Å². The molecule has 0 aliphatic carbocycles. The van der Waals surface area contributed by atoms with Crippen LogP contribution in [0, 0.1) is 0 Å². The van der Waals surface area contributed by atoms with Gasteiger partial charge >= 0.3 is 5.97 Å². The third-order valence-electron chi connectivity index (χ3n) is 2.85. The Kier molecular flexibility index (Phi) is 5.70. The minimum absolute atomic E-state index is 0.590. The minimum Gasteiger partial charge on any atom is -0.480 e. The summed E-state index contributed by atoms with van der Waals surface area (Å²) in [5, 5.41) is 12.3. The maximum Gasteiger partial charge on any atom is 0.325 e. The van der Waals surface area contributed by atoms with E-state index < -0.39 is 12.0 Å². The van der Waals surface area contributed by atoms with Gasteiger partial charge in [-0.05, 0) is 30.5 Å². The van der Waals surface area contributed by atoms with E-state index in [0.29, 0.717) is 0 Å². The Labute approximate surface area is 103 Å². The summed E-state index contributed by atoms with van der Waals surface area (Å²) in [5.41, 5.74) is 2.05. The minimum atomic E-state index is -0.814. The summed E-state index contributed by atoms with van der Waals surface area (Å²) in [6.07, 6.45) is 3.03. The predicted octanol–water partition coefficient (Wildman–Crippen LogP) is 2.76. The van der Waals surface area contributed by atoms with Crippen molar-refractivity contribution in [3.63, 3.8) is 0 Å². The van der Waals surface area contributed by atoms with E-state index in [1.165, 1.54) is 5.56 Å². The SMILES string of the molecule is CCCCNC(C(=O)O)c1ccc(CC)cc1. The largest absolute Gasteiger partial charge is 0.480 e. The molecule has 3 heteroatoms. The van der Waals surface area contributed by atoms with Gasteiger partial charge < -0.3 is 10.4 Å². The highest BCUT2D eigenvalue weighted by Crippen LogP contribution is 2.14. The van der Waals surface area contributed by atoms with Crippen LogP contribution in [-0.2, 0) is 11.2 Å². The van der Waals surface area contributed by atoms with Gasteiger partial charge in [-0.3, -0.25) is 4.79 Å². The highest BCUT2D eigenvalue weighted by atomic mass is 16.4. The van der Waals surface area contributed by atoms with Crippen LogP contribution in [0.1, 0.15) is 43.9 Å². The predicted molar refractivity (Wildman–Crippen MR) is 69.1 cm³/mol. The monoisotopic (exact) mass is 235 g/mol. The van der Waals surface area contributed by atoms with Gasteiger partial charge in [0.15, 0.2) is 0 Å². The maximum absolute atomic E-state index is 11.2. The van der Waals surface area contributed by atoms with Gasteiger partial charge in [-0.15, -0.1) is 0 Å². The third kappa shape index (κ3) is 4.19. The molecule has 94 valence electrons. The zero-order valence-electron chi connectivity index (χ0n) is 10.6. The highest BCUT2D eigenvalue weighted by molar-refractivity contribution is 5.75. The first kappa shape index (κ1) is 13.7. The Hall–Kier alpha value is -1.35. The van der Waals surface area contributed by atoms with Crippen molar-refractivity contribution in [2.45, 2.75) is 39.2 Å². The van der Waals surface area contributed by atoms with Crippen molar-refractivity contribution in [2.75, 3.05) is 6.54 Å². The number of aryl methyl sites for hydroxylation is 1. The van der Waals surface area contributed by atoms with Gasteiger partial charge in [-0.1, -0.05) is 44.5 Å². The van der Waals surface area contributed by atoms with Crippen LogP contribution in [0.5, 0.6) is 0 Å². The van der Waals surface area contributed by atoms with E-state index in [2.05, 4.69) is 19.2 Å². The van der Waals surface area contributed by atoms with Gasteiger partial charge in [0, 0.05) is 0 Å². The molecular weight excluding hydrogens is 214 g/mol. The van der Waals surface area contributed by atoms with Gasteiger partial charge in [0.1, 0.15) is 6.04 Å². The van der Waals surface area contributed by atoms with Crippen molar-refractivity contribution in [1.29, 1.82) is 0 Å². The standard InChI is InChI=1S/C14H21NO2/c1-3-5-10-15-13(14(16)17)12-8-6-11(4-2)7-9-12/h6-9,13,15H,3-5,10H2,1-2H3,(H,16,17). The molecular formula is C14H21NO2. The fourth-order valence-corrected chi connectivity index (χ4v) is 1.72. The van der Waals surface area contributed by atoms with Crippen molar-refractivity contribution in [1.82, 2.24) is 5.32 Å². The Morgan fingerprint density at radius 3 is 2.41 bits per heavy atom. The first-order chi connectivity index (χ1) is 8.19. The normalized spacial score (nSPS) is 12.4. The molecule has 17 heavy (non-hydrogen) atoms. The second kappa shape index (κ2) is 7.07. The van der Waals surface area contributed by atoms with Crippen molar-refractivity contribution in [3.05, 3.63) is 35.4 Å². The number of benzene rings is 1. The number of aliphatic carboxylic acids is 1. The molecule has 0 aliphatic heterocycles. The summed E-state index contributed by atoms with van der Waals surface area (Å²) in [6, 6.07) is 7.19.